The Morgan fingerprint density at radius 1 is 1.03 bits per heavy atom. The van der Waals surface area contributed by atoms with Crippen molar-refractivity contribution >= 4 is 23.2 Å². The van der Waals surface area contributed by atoms with Gasteiger partial charge in [0.1, 0.15) is 11.5 Å². The normalized spacial score (nSPS) is 14.5. The molecule has 32 heavy (non-hydrogen) atoms. The minimum absolute atomic E-state index is 0.273. The van der Waals surface area contributed by atoms with Gasteiger partial charge in [0.05, 0.1) is 17.5 Å². The largest absolute Gasteiger partial charge is 0.469 e. The molecule has 7 nitrogen and oxygen atoms in total. The first kappa shape index (κ1) is 21.6. The fourth-order valence-electron chi connectivity index (χ4n) is 3.93. The van der Waals surface area contributed by atoms with Crippen LogP contribution < -0.4 is 10.7 Å². The van der Waals surface area contributed by atoms with Crippen LogP contribution >= 0.6 is 0 Å². The third-order valence-electron chi connectivity index (χ3n) is 5.76. The first-order chi connectivity index (χ1) is 15.3. The summed E-state index contributed by atoms with van der Waals surface area (Å²) in [5, 5.41) is 7.26. The van der Waals surface area contributed by atoms with Gasteiger partial charge in [-0.05, 0) is 56.4 Å². The fraction of sp³-hybridized carbons (Fsp3) is 0.320. The number of amides is 2. The Morgan fingerprint density at radius 2 is 1.78 bits per heavy atom. The number of aryl methyl sites for hydroxylation is 2. The molecule has 0 spiro atoms. The Bertz CT molecular complexity index is 1180. The fourth-order valence-corrected chi connectivity index (χ4v) is 3.93. The SMILES string of the molecule is Cc1occc1C(=O)N/N=C1\CCCc2oc(C(=O)Nc3ccc(C(C)C)cc3)c(C)c21. The Balaban J connectivity index is 1.54. The second-order valence-electron chi connectivity index (χ2n) is 8.33. The number of furan rings is 2. The zero-order chi connectivity index (χ0) is 22.8. The van der Waals surface area contributed by atoms with Crippen LogP contribution in [0.4, 0.5) is 5.69 Å². The molecule has 0 fully saturated rings. The lowest BCUT2D eigenvalue weighted by atomic mass is 9.93. The van der Waals surface area contributed by atoms with E-state index in [1.807, 2.05) is 31.2 Å². The number of hydrogen-bond acceptors (Lipinski definition) is 5. The van der Waals surface area contributed by atoms with Crippen molar-refractivity contribution in [3.63, 3.8) is 0 Å². The topological polar surface area (TPSA) is 96.8 Å². The Morgan fingerprint density at radius 3 is 2.44 bits per heavy atom. The van der Waals surface area contributed by atoms with Gasteiger partial charge in [0.2, 0.25) is 0 Å². The van der Waals surface area contributed by atoms with E-state index in [1.54, 1.807) is 13.0 Å². The van der Waals surface area contributed by atoms with E-state index in [-0.39, 0.29) is 17.6 Å². The number of nitrogens with one attached hydrogen (secondary N) is 2. The molecular formula is C25H27N3O4. The molecule has 0 bridgehead atoms. The van der Waals surface area contributed by atoms with Gasteiger partial charge < -0.3 is 14.2 Å². The minimum Gasteiger partial charge on any atom is -0.469 e. The van der Waals surface area contributed by atoms with Gasteiger partial charge in [-0.3, -0.25) is 9.59 Å². The maximum atomic E-state index is 12.9. The molecule has 2 aromatic heterocycles. The number of fused-ring (bicyclic) bond motifs is 1. The summed E-state index contributed by atoms with van der Waals surface area (Å²) in [7, 11) is 0. The lowest BCUT2D eigenvalue weighted by Crippen LogP contribution is -2.22. The molecule has 1 aliphatic carbocycles. The van der Waals surface area contributed by atoms with E-state index < -0.39 is 0 Å². The molecule has 3 aromatic rings. The van der Waals surface area contributed by atoms with Crippen molar-refractivity contribution in [3.8, 4) is 0 Å². The highest BCUT2D eigenvalue weighted by molar-refractivity contribution is 6.09. The Kier molecular flexibility index (Phi) is 5.99. The zero-order valence-electron chi connectivity index (χ0n) is 18.7. The van der Waals surface area contributed by atoms with E-state index in [0.29, 0.717) is 35.1 Å². The van der Waals surface area contributed by atoms with E-state index in [1.165, 1.54) is 11.8 Å². The number of carbonyl (C=O) groups excluding carboxylic acids is 2. The van der Waals surface area contributed by atoms with Crippen molar-refractivity contribution in [2.75, 3.05) is 5.32 Å². The standard InChI is InChI=1S/C25H27N3O4/c1-14(2)17-8-10-18(11-9-17)26-25(30)23-15(3)22-20(6-5-7-21(22)32-23)27-28-24(29)19-12-13-31-16(19)4/h8-14H,5-7H2,1-4H3,(H,26,30)(H,28,29)/b27-20+. The quantitative estimate of drug-likeness (QED) is 0.531. The number of rotatable bonds is 5. The van der Waals surface area contributed by atoms with Crippen molar-refractivity contribution in [1.29, 1.82) is 0 Å². The number of carbonyl (C=O) groups is 2. The molecule has 4 rings (SSSR count). The molecule has 0 unspecified atom stereocenters. The summed E-state index contributed by atoms with van der Waals surface area (Å²) in [4.78, 5) is 25.3. The van der Waals surface area contributed by atoms with Gasteiger partial charge in [-0.2, -0.15) is 5.10 Å². The lowest BCUT2D eigenvalue weighted by molar-refractivity contribution is 0.0952. The predicted molar refractivity (Wildman–Crippen MR) is 122 cm³/mol. The molecule has 0 radical (unpaired) electrons. The summed E-state index contributed by atoms with van der Waals surface area (Å²) in [6.45, 7) is 7.83. The molecule has 0 atom stereocenters. The highest BCUT2D eigenvalue weighted by Crippen LogP contribution is 2.30. The van der Waals surface area contributed by atoms with Gasteiger partial charge in [-0.1, -0.05) is 26.0 Å². The summed E-state index contributed by atoms with van der Waals surface area (Å²) in [5.41, 5.74) is 7.21. The molecule has 2 N–H and O–H groups in total. The second-order valence-corrected chi connectivity index (χ2v) is 8.33. The van der Waals surface area contributed by atoms with Crippen molar-refractivity contribution < 1.29 is 18.4 Å². The van der Waals surface area contributed by atoms with Crippen LogP contribution in [-0.2, 0) is 6.42 Å². The van der Waals surface area contributed by atoms with E-state index in [4.69, 9.17) is 8.83 Å². The third-order valence-corrected chi connectivity index (χ3v) is 5.76. The second kappa shape index (κ2) is 8.86. The number of benzene rings is 1. The van der Waals surface area contributed by atoms with Crippen LogP contribution in [0, 0.1) is 13.8 Å². The van der Waals surface area contributed by atoms with Gasteiger partial charge in [0.15, 0.2) is 5.76 Å². The van der Waals surface area contributed by atoms with Crippen LogP contribution in [0.2, 0.25) is 0 Å². The van der Waals surface area contributed by atoms with Gasteiger partial charge in [-0.25, -0.2) is 5.43 Å². The molecule has 0 saturated heterocycles. The Labute approximate surface area is 186 Å². The summed E-state index contributed by atoms with van der Waals surface area (Å²) in [6, 6.07) is 9.42. The molecule has 1 aliphatic rings. The van der Waals surface area contributed by atoms with Gasteiger partial charge in [0, 0.05) is 23.2 Å². The summed E-state index contributed by atoms with van der Waals surface area (Å²) >= 11 is 0. The number of nitrogens with zero attached hydrogens (tertiary/aromatic N) is 1. The zero-order valence-corrected chi connectivity index (χ0v) is 18.7. The first-order valence-corrected chi connectivity index (χ1v) is 10.8. The van der Waals surface area contributed by atoms with Crippen LogP contribution in [-0.4, -0.2) is 17.5 Å². The predicted octanol–water partition coefficient (Wildman–Crippen LogP) is 5.34. The summed E-state index contributed by atoms with van der Waals surface area (Å²) in [5.74, 6) is 1.32. The van der Waals surface area contributed by atoms with Crippen molar-refractivity contribution in [3.05, 3.63) is 76.1 Å². The molecule has 7 heteroatoms. The van der Waals surface area contributed by atoms with Crippen molar-refractivity contribution in [2.24, 2.45) is 5.10 Å². The van der Waals surface area contributed by atoms with Crippen LogP contribution in [0.25, 0.3) is 0 Å². The van der Waals surface area contributed by atoms with Gasteiger partial charge in [0.25, 0.3) is 11.8 Å². The van der Waals surface area contributed by atoms with Gasteiger partial charge in [-0.15, -0.1) is 0 Å². The highest BCUT2D eigenvalue weighted by atomic mass is 16.4. The maximum absolute atomic E-state index is 12.9. The van der Waals surface area contributed by atoms with Gasteiger partial charge >= 0.3 is 0 Å². The average molecular weight is 434 g/mol. The molecule has 2 amide bonds. The van der Waals surface area contributed by atoms with E-state index in [9.17, 15) is 9.59 Å². The van der Waals surface area contributed by atoms with Crippen molar-refractivity contribution in [2.45, 2.75) is 52.9 Å². The Hall–Kier alpha value is -3.61. The molecule has 1 aromatic carbocycles. The van der Waals surface area contributed by atoms with Crippen LogP contribution in [0.1, 0.15) is 81.7 Å². The number of hydrazone groups is 1. The van der Waals surface area contributed by atoms with Crippen LogP contribution in [0.15, 0.2) is 50.5 Å². The summed E-state index contributed by atoms with van der Waals surface area (Å²) < 4.78 is 11.1. The smallest absolute Gasteiger partial charge is 0.291 e. The number of anilines is 1. The maximum Gasteiger partial charge on any atom is 0.291 e. The average Bonchev–Trinajstić information content (AvgIpc) is 3.36. The molecule has 166 valence electrons. The lowest BCUT2D eigenvalue weighted by Gasteiger charge is -2.13. The highest BCUT2D eigenvalue weighted by Gasteiger charge is 2.28. The number of hydrogen-bond donors (Lipinski definition) is 2. The third kappa shape index (κ3) is 4.23. The van der Waals surface area contributed by atoms with Crippen LogP contribution in [0.3, 0.4) is 0 Å². The molecule has 0 aliphatic heterocycles. The molecule has 2 heterocycles. The van der Waals surface area contributed by atoms with Crippen LogP contribution in [0.5, 0.6) is 0 Å². The van der Waals surface area contributed by atoms with E-state index in [0.717, 1.165) is 29.7 Å². The van der Waals surface area contributed by atoms with E-state index in [2.05, 4.69) is 29.7 Å². The molecular weight excluding hydrogens is 406 g/mol. The summed E-state index contributed by atoms with van der Waals surface area (Å²) in [6.07, 6.45) is 3.71. The molecule has 0 saturated carbocycles. The van der Waals surface area contributed by atoms with E-state index >= 15 is 0 Å². The monoisotopic (exact) mass is 433 g/mol. The minimum atomic E-state index is -0.333. The van der Waals surface area contributed by atoms with Crippen molar-refractivity contribution in [1.82, 2.24) is 5.43 Å². The first-order valence-electron chi connectivity index (χ1n) is 10.8.